The minimum absolute atomic E-state index is 0.176. The summed E-state index contributed by atoms with van der Waals surface area (Å²) in [5, 5.41) is 15.2. The Labute approximate surface area is 152 Å². The van der Waals surface area contributed by atoms with Gasteiger partial charge < -0.3 is 0 Å². The van der Waals surface area contributed by atoms with Crippen LogP contribution in [-0.4, -0.2) is 44.0 Å². The minimum atomic E-state index is -0.659. The number of aliphatic imine (C=N–C) groups is 1. The second-order valence-corrected chi connectivity index (χ2v) is 8.32. The summed E-state index contributed by atoms with van der Waals surface area (Å²) in [6, 6.07) is 9.01. The number of thioether (sulfide) groups is 1. The fourth-order valence-electron chi connectivity index (χ4n) is 3.03. The molecule has 1 aromatic rings. The van der Waals surface area contributed by atoms with Crippen LogP contribution in [-0.2, 0) is 4.79 Å². The van der Waals surface area contributed by atoms with E-state index in [2.05, 4.69) is 31.3 Å². The molecule has 6 nitrogen and oxygen atoms in total. The number of amides is 1. The van der Waals surface area contributed by atoms with Crippen LogP contribution in [0.2, 0.25) is 0 Å². The van der Waals surface area contributed by atoms with Gasteiger partial charge in [-0.15, -0.1) is 0 Å². The Bertz CT molecular complexity index is 750. The fraction of sp³-hybridized carbons (Fsp3) is 0.438. The molecule has 24 heavy (non-hydrogen) atoms. The van der Waals surface area contributed by atoms with E-state index >= 15 is 0 Å². The zero-order chi connectivity index (χ0) is 16.7. The molecule has 0 aromatic heterocycles. The van der Waals surface area contributed by atoms with Crippen LogP contribution in [0.3, 0.4) is 0 Å². The van der Waals surface area contributed by atoms with Gasteiger partial charge >= 0.3 is 0 Å². The van der Waals surface area contributed by atoms with Crippen molar-refractivity contribution in [2.75, 3.05) is 0 Å². The molecule has 4 atom stereocenters. The second-order valence-electron chi connectivity index (χ2n) is 6.00. The van der Waals surface area contributed by atoms with Crippen LogP contribution >= 0.6 is 27.7 Å². The Kier molecular flexibility index (Phi) is 4.26. The highest BCUT2D eigenvalue weighted by molar-refractivity contribution is 9.09. The van der Waals surface area contributed by atoms with Crippen molar-refractivity contribution in [1.82, 2.24) is 5.01 Å². The number of halogens is 1. The maximum atomic E-state index is 12.7. The number of alkyl halides is 1. The molecule has 0 saturated heterocycles. The van der Waals surface area contributed by atoms with Gasteiger partial charge in [-0.05, 0) is 31.9 Å². The van der Waals surface area contributed by atoms with Crippen molar-refractivity contribution in [1.29, 1.82) is 0 Å². The SMILES string of the molecule is CC1=NN(C2=N[C@@H]3CC[C@H](Br)[C@@H]3S2)C(=O)[C@@H]1N=Nc1ccccc1. The molecule has 4 rings (SSSR count). The van der Waals surface area contributed by atoms with E-state index in [1.54, 1.807) is 18.7 Å². The van der Waals surface area contributed by atoms with Gasteiger partial charge in [0.1, 0.15) is 0 Å². The Morgan fingerprint density at radius 1 is 1.29 bits per heavy atom. The molecule has 0 unspecified atom stereocenters. The quantitative estimate of drug-likeness (QED) is 0.555. The average molecular weight is 406 g/mol. The van der Waals surface area contributed by atoms with Gasteiger partial charge in [0, 0.05) is 10.1 Å². The van der Waals surface area contributed by atoms with Crippen LogP contribution in [0.4, 0.5) is 5.69 Å². The van der Waals surface area contributed by atoms with Gasteiger partial charge in [-0.1, -0.05) is 45.9 Å². The van der Waals surface area contributed by atoms with Crippen molar-refractivity contribution in [3.05, 3.63) is 30.3 Å². The molecule has 1 fully saturated rings. The van der Waals surface area contributed by atoms with E-state index < -0.39 is 6.04 Å². The molecule has 3 aliphatic rings. The number of fused-ring (bicyclic) bond motifs is 1. The van der Waals surface area contributed by atoms with Gasteiger partial charge in [0.15, 0.2) is 11.2 Å². The molecule has 0 bridgehead atoms. The van der Waals surface area contributed by atoms with Crippen LogP contribution in [0.25, 0.3) is 0 Å². The van der Waals surface area contributed by atoms with Crippen molar-refractivity contribution in [2.45, 2.75) is 41.9 Å². The van der Waals surface area contributed by atoms with Crippen molar-refractivity contribution in [2.24, 2.45) is 20.3 Å². The lowest BCUT2D eigenvalue weighted by atomic mass is 10.2. The van der Waals surface area contributed by atoms with Crippen molar-refractivity contribution >= 4 is 50.2 Å². The number of nitrogens with zero attached hydrogens (tertiary/aromatic N) is 5. The van der Waals surface area contributed by atoms with E-state index in [0.717, 1.165) is 18.5 Å². The van der Waals surface area contributed by atoms with E-state index in [-0.39, 0.29) is 11.9 Å². The summed E-state index contributed by atoms with van der Waals surface area (Å²) in [6.07, 6.45) is 2.18. The van der Waals surface area contributed by atoms with Gasteiger partial charge in [-0.2, -0.15) is 20.3 Å². The van der Waals surface area contributed by atoms with Gasteiger partial charge in [-0.3, -0.25) is 9.79 Å². The third kappa shape index (κ3) is 2.82. The summed E-state index contributed by atoms with van der Waals surface area (Å²) < 4.78 is 0. The predicted molar refractivity (Wildman–Crippen MR) is 99.3 cm³/mol. The number of azo groups is 1. The third-order valence-electron chi connectivity index (χ3n) is 4.31. The van der Waals surface area contributed by atoms with E-state index in [0.29, 0.717) is 21.0 Å². The number of rotatable bonds is 2. The molecule has 2 heterocycles. The zero-order valence-corrected chi connectivity index (χ0v) is 15.4. The smallest absolute Gasteiger partial charge is 0.269 e. The number of benzene rings is 1. The lowest BCUT2D eigenvalue weighted by molar-refractivity contribution is -0.125. The molecule has 0 spiro atoms. The highest BCUT2D eigenvalue weighted by Gasteiger charge is 2.45. The Hall–Kier alpha value is -1.54. The average Bonchev–Trinajstić information content (AvgIpc) is 3.23. The van der Waals surface area contributed by atoms with E-state index in [9.17, 15) is 4.79 Å². The normalized spacial score (nSPS) is 32.4. The first-order valence-corrected chi connectivity index (χ1v) is 9.66. The third-order valence-corrected chi connectivity index (χ3v) is 7.10. The Balaban J connectivity index is 1.50. The van der Waals surface area contributed by atoms with E-state index in [4.69, 9.17) is 4.99 Å². The molecule has 1 amide bonds. The minimum Gasteiger partial charge on any atom is -0.269 e. The number of amidine groups is 1. The van der Waals surface area contributed by atoms with Crippen LogP contribution in [0, 0.1) is 0 Å². The molecule has 8 heteroatoms. The maximum Gasteiger partial charge on any atom is 0.281 e. The summed E-state index contributed by atoms with van der Waals surface area (Å²) in [5.74, 6) is -0.176. The molecular formula is C16H16BrN5OS. The van der Waals surface area contributed by atoms with Crippen LogP contribution in [0.15, 0.2) is 50.7 Å². The van der Waals surface area contributed by atoms with E-state index in [1.165, 1.54) is 5.01 Å². The molecule has 1 aliphatic carbocycles. The largest absolute Gasteiger partial charge is 0.281 e. The lowest BCUT2D eigenvalue weighted by Gasteiger charge is -2.14. The summed E-state index contributed by atoms with van der Waals surface area (Å²) in [7, 11) is 0. The van der Waals surface area contributed by atoms with Crippen LogP contribution in [0.1, 0.15) is 19.8 Å². The number of carbonyl (C=O) groups is 1. The van der Waals surface area contributed by atoms with Gasteiger partial charge in [0.05, 0.1) is 17.4 Å². The second kappa shape index (κ2) is 6.40. The summed E-state index contributed by atoms with van der Waals surface area (Å²) in [6.45, 7) is 1.81. The standard InChI is InChI=1S/C16H16BrN5OS/c1-9-13(20-19-10-5-3-2-4-6-10)15(23)22(21-9)16-18-12-8-7-11(17)14(12)24-16/h2-6,11-14H,7-8H2,1H3/t11-,12+,13+,14-/m0/s1. The molecule has 1 aromatic carbocycles. The topological polar surface area (TPSA) is 69.8 Å². The maximum absolute atomic E-state index is 12.7. The van der Waals surface area contributed by atoms with Crippen molar-refractivity contribution in [3.8, 4) is 0 Å². The van der Waals surface area contributed by atoms with Gasteiger partial charge in [0.25, 0.3) is 5.91 Å². The first kappa shape index (κ1) is 16.0. The molecule has 0 radical (unpaired) electrons. The first-order chi connectivity index (χ1) is 11.6. The number of carbonyl (C=O) groups excluding carboxylic acids is 1. The Morgan fingerprint density at radius 2 is 2.08 bits per heavy atom. The number of hydrazone groups is 1. The molecular weight excluding hydrogens is 390 g/mol. The summed E-state index contributed by atoms with van der Waals surface area (Å²) in [5.41, 5.74) is 1.37. The lowest BCUT2D eigenvalue weighted by Crippen LogP contribution is -2.32. The highest BCUT2D eigenvalue weighted by atomic mass is 79.9. The number of hydrogen-bond acceptors (Lipinski definition) is 6. The molecule has 1 saturated carbocycles. The van der Waals surface area contributed by atoms with Crippen LogP contribution < -0.4 is 0 Å². The first-order valence-electron chi connectivity index (χ1n) is 7.87. The summed E-state index contributed by atoms with van der Waals surface area (Å²) in [4.78, 5) is 17.8. The van der Waals surface area contributed by atoms with E-state index in [1.807, 2.05) is 30.3 Å². The molecule has 124 valence electrons. The molecule has 2 aliphatic heterocycles. The van der Waals surface area contributed by atoms with Crippen molar-refractivity contribution < 1.29 is 4.79 Å². The molecule has 0 N–H and O–H groups in total. The highest BCUT2D eigenvalue weighted by Crippen LogP contribution is 2.43. The van der Waals surface area contributed by atoms with Crippen LogP contribution in [0.5, 0.6) is 0 Å². The van der Waals surface area contributed by atoms with Crippen molar-refractivity contribution in [3.63, 3.8) is 0 Å². The monoisotopic (exact) mass is 405 g/mol. The summed E-state index contributed by atoms with van der Waals surface area (Å²) >= 11 is 5.34. The van der Waals surface area contributed by atoms with Gasteiger partial charge in [0.2, 0.25) is 0 Å². The Morgan fingerprint density at radius 3 is 2.83 bits per heavy atom. The van der Waals surface area contributed by atoms with Gasteiger partial charge in [-0.25, -0.2) is 0 Å². The number of hydrogen-bond donors (Lipinski definition) is 0. The fourth-order valence-corrected chi connectivity index (χ4v) is 5.28. The zero-order valence-electron chi connectivity index (χ0n) is 13.0. The predicted octanol–water partition coefficient (Wildman–Crippen LogP) is 3.75.